The Labute approximate surface area is 149 Å². The number of benzene rings is 2. The molecule has 0 unspecified atom stereocenters. The average molecular weight is 367 g/mol. The smallest absolute Gasteiger partial charge is 0.418 e. The molecule has 0 fully saturated rings. The highest BCUT2D eigenvalue weighted by Gasteiger charge is 2.35. The fourth-order valence-corrected chi connectivity index (χ4v) is 2.49. The normalized spacial score (nSPS) is 11.2. The third-order valence-electron chi connectivity index (χ3n) is 3.67. The van der Waals surface area contributed by atoms with Gasteiger partial charge in [-0.1, -0.05) is 29.8 Å². The van der Waals surface area contributed by atoms with Crippen molar-refractivity contribution in [1.29, 1.82) is 0 Å². The van der Waals surface area contributed by atoms with Gasteiger partial charge in [0.15, 0.2) is 0 Å². The van der Waals surface area contributed by atoms with E-state index in [0.29, 0.717) is 5.75 Å². The first-order chi connectivity index (χ1) is 12.2. The zero-order valence-corrected chi connectivity index (χ0v) is 14.7. The lowest BCUT2D eigenvalue weighted by molar-refractivity contribution is -0.137. The van der Waals surface area contributed by atoms with E-state index in [1.807, 2.05) is 26.0 Å². The number of rotatable bonds is 5. The third kappa shape index (κ3) is 4.91. The second kappa shape index (κ2) is 8.12. The Kier molecular flexibility index (Phi) is 6.13. The lowest BCUT2D eigenvalue weighted by Crippen LogP contribution is -2.19. The van der Waals surface area contributed by atoms with Gasteiger partial charge in [-0.15, -0.1) is 0 Å². The van der Waals surface area contributed by atoms with Crippen molar-refractivity contribution in [2.24, 2.45) is 0 Å². The Morgan fingerprint density at radius 2 is 1.88 bits per heavy atom. The maximum atomic E-state index is 13.3. The van der Waals surface area contributed by atoms with Crippen LogP contribution in [0.4, 0.5) is 23.7 Å². The first kappa shape index (κ1) is 19.6. The molecule has 0 aliphatic heterocycles. The van der Waals surface area contributed by atoms with Gasteiger partial charge in [-0.25, -0.2) is 4.79 Å². The molecule has 0 bridgehead atoms. The predicted octanol–water partition coefficient (Wildman–Crippen LogP) is 5.47. The van der Waals surface area contributed by atoms with Gasteiger partial charge in [-0.2, -0.15) is 13.2 Å². The van der Waals surface area contributed by atoms with Crippen LogP contribution in [0.3, 0.4) is 0 Å². The second-order valence-electron chi connectivity index (χ2n) is 5.74. The molecular formula is C19H20F3NO3. The molecule has 2 rings (SSSR count). The van der Waals surface area contributed by atoms with Crippen LogP contribution in [0.15, 0.2) is 36.4 Å². The van der Waals surface area contributed by atoms with Crippen LogP contribution in [0.1, 0.15) is 29.2 Å². The van der Waals surface area contributed by atoms with Crippen molar-refractivity contribution in [3.63, 3.8) is 0 Å². The lowest BCUT2D eigenvalue weighted by Gasteiger charge is -2.18. The zero-order chi connectivity index (χ0) is 19.3. The molecule has 0 aliphatic rings. The summed E-state index contributed by atoms with van der Waals surface area (Å²) in [5.74, 6) is 0.565. The van der Waals surface area contributed by atoms with E-state index in [0.717, 1.165) is 17.2 Å². The van der Waals surface area contributed by atoms with Gasteiger partial charge < -0.3 is 9.47 Å². The number of alkyl halides is 3. The molecule has 7 heteroatoms. The highest BCUT2D eigenvalue weighted by molar-refractivity contribution is 5.87. The van der Waals surface area contributed by atoms with Crippen molar-refractivity contribution in [1.82, 2.24) is 0 Å². The molecule has 0 heterocycles. The molecule has 0 atom stereocenters. The number of ether oxygens (including phenoxy) is 2. The van der Waals surface area contributed by atoms with E-state index in [1.165, 1.54) is 12.1 Å². The van der Waals surface area contributed by atoms with E-state index < -0.39 is 17.8 Å². The molecule has 140 valence electrons. The Morgan fingerprint density at radius 3 is 2.50 bits per heavy atom. The molecule has 2 aromatic carbocycles. The number of carbonyl (C=O) groups is 1. The van der Waals surface area contributed by atoms with E-state index in [9.17, 15) is 18.0 Å². The summed E-state index contributed by atoms with van der Waals surface area (Å²) in [5.41, 5.74) is 0.818. The Hall–Kier alpha value is -2.70. The second-order valence-corrected chi connectivity index (χ2v) is 5.74. The summed E-state index contributed by atoms with van der Waals surface area (Å²) in [5, 5.41) is 2.19. The van der Waals surface area contributed by atoms with E-state index in [2.05, 4.69) is 5.32 Å². The van der Waals surface area contributed by atoms with Crippen LogP contribution in [0.5, 0.6) is 5.75 Å². The summed E-state index contributed by atoms with van der Waals surface area (Å²) in [4.78, 5) is 11.7. The molecule has 0 radical (unpaired) electrons. The molecular weight excluding hydrogens is 347 g/mol. The number of amides is 1. The summed E-state index contributed by atoms with van der Waals surface area (Å²) in [7, 11) is 0. The van der Waals surface area contributed by atoms with Crippen LogP contribution < -0.4 is 10.1 Å². The maximum Gasteiger partial charge on any atom is 0.418 e. The van der Waals surface area contributed by atoms with Crippen LogP contribution in [0.25, 0.3) is 0 Å². The van der Waals surface area contributed by atoms with Crippen LogP contribution >= 0.6 is 0 Å². The van der Waals surface area contributed by atoms with Gasteiger partial charge in [-0.3, -0.25) is 5.32 Å². The Balaban J connectivity index is 2.32. The monoisotopic (exact) mass is 367 g/mol. The van der Waals surface area contributed by atoms with Gasteiger partial charge in [0.25, 0.3) is 0 Å². The Bertz CT molecular complexity index is 788. The standard InChI is InChI=1S/C19H20F3NO3/c1-4-25-18(24)23-17-14(6-5-7-15(17)19(20,21)22)11-26-16-9-8-12(2)10-13(16)3/h5-10H,4,11H2,1-3H3,(H,23,24). The molecule has 1 N–H and O–H groups in total. The average Bonchev–Trinajstić information content (AvgIpc) is 2.54. The van der Waals surface area contributed by atoms with E-state index in [1.54, 1.807) is 13.0 Å². The van der Waals surface area contributed by atoms with Gasteiger partial charge in [0.2, 0.25) is 0 Å². The van der Waals surface area contributed by atoms with E-state index in [4.69, 9.17) is 9.47 Å². The summed E-state index contributed by atoms with van der Waals surface area (Å²) in [6.07, 6.45) is -5.57. The third-order valence-corrected chi connectivity index (χ3v) is 3.67. The number of anilines is 1. The predicted molar refractivity (Wildman–Crippen MR) is 92.3 cm³/mol. The van der Waals surface area contributed by atoms with Crippen LogP contribution in [0.2, 0.25) is 0 Å². The highest BCUT2D eigenvalue weighted by atomic mass is 19.4. The molecule has 0 spiro atoms. The van der Waals surface area contributed by atoms with Gasteiger partial charge in [0, 0.05) is 5.56 Å². The van der Waals surface area contributed by atoms with Crippen molar-refractivity contribution >= 4 is 11.8 Å². The number of hydrogen-bond donors (Lipinski definition) is 1. The van der Waals surface area contributed by atoms with Crippen molar-refractivity contribution in [2.45, 2.75) is 33.6 Å². The summed E-state index contributed by atoms with van der Waals surface area (Å²) < 4.78 is 50.3. The number of nitrogens with one attached hydrogen (secondary N) is 1. The number of hydrogen-bond acceptors (Lipinski definition) is 3. The summed E-state index contributed by atoms with van der Waals surface area (Å²) >= 11 is 0. The molecule has 1 amide bonds. The minimum atomic E-state index is -4.62. The van der Waals surface area contributed by atoms with Crippen LogP contribution in [-0.2, 0) is 17.5 Å². The quantitative estimate of drug-likeness (QED) is 0.762. The Morgan fingerprint density at radius 1 is 1.15 bits per heavy atom. The largest absolute Gasteiger partial charge is 0.489 e. The molecule has 26 heavy (non-hydrogen) atoms. The van der Waals surface area contributed by atoms with Gasteiger partial charge >= 0.3 is 12.3 Å². The SMILES string of the molecule is CCOC(=O)Nc1c(COc2ccc(C)cc2C)cccc1C(F)(F)F. The summed E-state index contributed by atoms with van der Waals surface area (Å²) in [6, 6.07) is 9.19. The minimum Gasteiger partial charge on any atom is -0.489 e. The van der Waals surface area contributed by atoms with Crippen molar-refractivity contribution in [3.8, 4) is 5.75 Å². The van der Waals surface area contributed by atoms with Crippen LogP contribution in [-0.4, -0.2) is 12.7 Å². The molecule has 0 aromatic heterocycles. The zero-order valence-electron chi connectivity index (χ0n) is 14.7. The number of carbonyl (C=O) groups excluding carboxylic acids is 1. The lowest BCUT2D eigenvalue weighted by atomic mass is 10.1. The minimum absolute atomic E-state index is 0.0500. The van der Waals surface area contributed by atoms with Gasteiger partial charge in [0.05, 0.1) is 17.9 Å². The topological polar surface area (TPSA) is 47.6 Å². The molecule has 0 aliphatic carbocycles. The molecule has 2 aromatic rings. The molecule has 0 saturated carbocycles. The molecule has 4 nitrogen and oxygen atoms in total. The van der Waals surface area contributed by atoms with Crippen molar-refractivity contribution in [3.05, 3.63) is 58.7 Å². The first-order valence-corrected chi connectivity index (χ1v) is 8.05. The van der Waals surface area contributed by atoms with Crippen molar-refractivity contribution < 1.29 is 27.4 Å². The van der Waals surface area contributed by atoms with Gasteiger partial charge in [0.1, 0.15) is 12.4 Å². The van der Waals surface area contributed by atoms with Crippen molar-refractivity contribution in [2.75, 3.05) is 11.9 Å². The highest BCUT2D eigenvalue weighted by Crippen LogP contribution is 2.37. The first-order valence-electron chi connectivity index (χ1n) is 8.05. The number of para-hydroxylation sites is 1. The van der Waals surface area contributed by atoms with E-state index >= 15 is 0 Å². The van der Waals surface area contributed by atoms with Crippen LogP contribution in [0, 0.1) is 13.8 Å². The number of aryl methyl sites for hydroxylation is 2. The fraction of sp³-hybridized carbons (Fsp3) is 0.316. The van der Waals surface area contributed by atoms with E-state index in [-0.39, 0.29) is 24.5 Å². The fourth-order valence-electron chi connectivity index (χ4n) is 2.49. The summed E-state index contributed by atoms with van der Waals surface area (Å²) in [6.45, 7) is 5.28. The van der Waals surface area contributed by atoms with Gasteiger partial charge in [-0.05, 0) is 38.5 Å². The molecule has 0 saturated heterocycles. The maximum absolute atomic E-state index is 13.3. The number of halogens is 3.